The van der Waals surface area contributed by atoms with Crippen LogP contribution in [-0.2, 0) is 17.6 Å². The summed E-state index contributed by atoms with van der Waals surface area (Å²) in [5.74, 6) is 0.187. The average molecular weight is 418 g/mol. The van der Waals surface area contributed by atoms with E-state index in [4.69, 9.17) is 0 Å². The van der Waals surface area contributed by atoms with E-state index in [0.29, 0.717) is 6.54 Å². The van der Waals surface area contributed by atoms with E-state index in [1.54, 1.807) is 0 Å². The number of fused-ring (bicyclic) bond motifs is 4. The number of rotatable bonds is 3. The third-order valence-electron chi connectivity index (χ3n) is 7.38. The van der Waals surface area contributed by atoms with E-state index >= 15 is 0 Å². The van der Waals surface area contributed by atoms with Crippen LogP contribution in [0.25, 0.3) is 0 Å². The summed E-state index contributed by atoms with van der Waals surface area (Å²) in [7, 11) is 0. The quantitative estimate of drug-likeness (QED) is 0.825. The Hall–Kier alpha value is -2.82. The minimum Gasteiger partial charge on any atom is -0.338 e. The van der Waals surface area contributed by atoms with Crippen LogP contribution in [0.5, 0.6) is 0 Å². The van der Waals surface area contributed by atoms with Gasteiger partial charge in [-0.25, -0.2) is 4.79 Å². The lowest BCUT2D eigenvalue weighted by Gasteiger charge is -2.51. The number of nitrogens with zero attached hydrogens (tertiary/aromatic N) is 2. The van der Waals surface area contributed by atoms with Gasteiger partial charge in [-0.2, -0.15) is 0 Å². The molecule has 5 nitrogen and oxygen atoms in total. The highest BCUT2D eigenvalue weighted by atomic mass is 16.2. The van der Waals surface area contributed by atoms with E-state index in [-0.39, 0.29) is 29.9 Å². The fourth-order valence-corrected chi connectivity index (χ4v) is 5.89. The lowest BCUT2D eigenvalue weighted by molar-refractivity contribution is -0.148. The predicted molar refractivity (Wildman–Crippen MR) is 121 cm³/mol. The summed E-state index contributed by atoms with van der Waals surface area (Å²) in [6.45, 7) is 4.29. The van der Waals surface area contributed by atoms with Crippen molar-refractivity contribution >= 4 is 11.9 Å². The number of piperidine rings is 2. The van der Waals surface area contributed by atoms with Gasteiger partial charge in [-0.3, -0.25) is 4.79 Å². The molecule has 2 saturated heterocycles. The van der Waals surface area contributed by atoms with E-state index in [1.807, 2.05) is 23.1 Å². The highest BCUT2D eigenvalue weighted by molar-refractivity contribution is 5.83. The molecule has 3 aliphatic heterocycles. The van der Waals surface area contributed by atoms with E-state index in [1.165, 1.54) is 22.3 Å². The zero-order valence-electron chi connectivity index (χ0n) is 18.2. The van der Waals surface area contributed by atoms with Crippen molar-refractivity contribution in [3.8, 4) is 0 Å². The molecule has 0 spiro atoms. The zero-order valence-corrected chi connectivity index (χ0v) is 18.2. The normalized spacial score (nSPS) is 24.8. The van der Waals surface area contributed by atoms with Gasteiger partial charge in [0.2, 0.25) is 5.91 Å². The molecule has 3 heterocycles. The molecule has 31 heavy (non-hydrogen) atoms. The lowest BCUT2D eigenvalue weighted by atomic mass is 9.75. The first kappa shape index (κ1) is 20.1. The molecule has 3 amide bonds. The molecule has 3 atom stereocenters. The molecule has 0 aromatic heterocycles. The van der Waals surface area contributed by atoms with Gasteiger partial charge in [0.15, 0.2) is 0 Å². The van der Waals surface area contributed by atoms with Crippen molar-refractivity contribution in [2.75, 3.05) is 19.6 Å². The van der Waals surface area contributed by atoms with Gasteiger partial charge in [-0.05, 0) is 61.3 Å². The van der Waals surface area contributed by atoms with Gasteiger partial charge in [0, 0.05) is 25.7 Å². The Morgan fingerprint density at radius 2 is 1.94 bits per heavy atom. The molecule has 0 saturated carbocycles. The van der Waals surface area contributed by atoms with Gasteiger partial charge in [0.1, 0.15) is 0 Å². The van der Waals surface area contributed by atoms with Crippen molar-refractivity contribution in [3.63, 3.8) is 0 Å². The van der Waals surface area contributed by atoms with Gasteiger partial charge in [0.05, 0.1) is 12.0 Å². The van der Waals surface area contributed by atoms with Crippen LogP contribution in [0.3, 0.4) is 0 Å². The number of likely N-dealkylation sites (tertiary alicyclic amines) is 1. The van der Waals surface area contributed by atoms with Gasteiger partial charge in [-0.15, -0.1) is 0 Å². The maximum atomic E-state index is 13.4. The average Bonchev–Trinajstić information content (AvgIpc) is 2.79. The Morgan fingerprint density at radius 1 is 1.10 bits per heavy atom. The number of urea groups is 1. The summed E-state index contributed by atoms with van der Waals surface area (Å²) in [5.41, 5.74) is 5.16. The van der Waals surface area contributed by atoms with Crippen molar-refractivity contribution < 1.29 is 9.59 Å². The summed E-state index contributed by atoms with van der Waals surface area (Å²) < 4.78 is 0. The summed E-state index contributed by atoms with van der Waals surface area (Å²) >= 11 is 0. The van der Waals surface area contributed by atoms with Crippen molar-refractivity contribution in [1.29, 1.82) is 0 Å². The Kier molecular flexibility index (Phi) is 5.43. The largest absolute Gasteiger partial charge is 0.338 e. The number of nitrogens with one attached hydrogen (secondary N) is 1. The maximum absolute atomic E-state index is 13.4. The fourth-order valence-electron chi connectivity index (χ4n) is 5.89. The molecule has 0 aliphatic carbocycles. The van der Waals surface area contributed by atoms with Crippen LogP contribution in [0, 0.1) is 12.8 Å². The van der Waals surface area contributed by atoms with E-state index in [9.17, 15) is 9.59 Å². The molecule has 2 aromatic carbocycles. The second-order valence-corrected chi connectivity index (χ2v) is 9.16. The smallest absolute Gasteiger partial charge is 0.317 e. The molecule has 5 heteroatoms. The molecule has 3 aliphatic rings. The third kappa shape index (κ3) is 3.71. The van der Waals surface area contributed by atoms with Gasteiger partial charge in [-0.1, -0.05) is 48.5 Å². The summed E-state index contributed by atoms with van der Waals surface area (Å²) in [6, 6.07) is 16.7. The molecule has 0 radical (unpaired) electrons. The summed E-state index contributed by atoms with van der Waals surface area (Å²) in [5, 5.41) is 3.11. The SMILES string of the molecule is Cc1cccc2c1[C@H]1C[C@@H]3[C@@H](CCCN3C(=O)NCCc3ccccc3)C(=O)N1CC2. The standard InChI is InChI=1S/C26H31N3O2/c1-18-7-5-10-20-13-16-28-23(24(18)20)17-22-21(25(28)30)11-6-15-29(22)26(31)27-14-12-19-8-3-2-4-9-19/h2-5,7-10,21-23H,6,11-17H2,1H3,(H,27,31)/t21-,22-,23-/m1/s1. The van der Waals surface area contributed by atoms with Gasteiger partial charge in [0.25, 0.3) is 0 Å². The van der Waals surface area contributed by atoms with E-state index in [2.05, 4.69) is 47.5 Å². The van der Waals surface area contributed by atoms with Crippen LogP contribution in [0.15, 0.2) is 48.5 Å². The first-order chi connectivity index (χ1) is 15.1. The number of hydrogen-bond donors (Lipinski definition) is 1. The third-order valence-corrected chi connectivity index (χ3v) is 7.38. The zero-order chi connectivity index (χ0) is 21.4. The molecule has 1 N–H and O–H groups in total. The Bertz CT molecular complexity index is 974. The molecule has 2 fully saturated rings. The molecule has 0 unspecified atom stereocenters. The fraction of sp³-hybridized carbons (Fsp3) is 0.462. The topological polar surface area (TPSA) is 52.7 Å². The molecule has 5 rings (SSSR count). The van der Waals surface area contributed by atoms with Crippen LogP contribution < -0.4 is 5.32 Å². The van der Waals surface area contributed by atoms with Crippen molar-refractivity contribution in [2.24, 2.45) is 5.92 Å². The van der Waals surface area contributed by atoms with Crippen molar-refractivity contribution in [1.82, 2.24) is 15.1 Å². The number of benzene rings is 2. The molecule has 2 aromatic rings. The van der Waals surface area contributed by atoms with Crippen LogP contribution in [0.1, 0.15) is 47.6 Å². The molecular weight excluding hydrogens is 386 g/mol. The highest BCUT2D eigenvalue weighted by Gasteiger charge is 2.48. The molecule has 162 valence electrons. The van der Waals surface area contributed by atoms with Crippen LogP contribution >= 0.6 is 0 Å². The van der Waals surface area contributed by atoms with E-state index < -0.39 is 0 Å². The van der Waals surface area contributed by atoms with Gasteiger partial charge >= 0.3 is 6.03 Å². The Labute approximate surface area is 184 Å². The molecule has 0 bridgehead atoms. The highest BCUT2D eigenvalue weighted by Crippen LogP contribution is 2.44. The monoisotopic (exact) mass is 417 g/mol. The number of carbonyl (C=O) groups excluding carboxylic acids is 2. The number of carbonyl (C=O) groups is 2. The first-order valence-electron chi connectivity index (χ1n) is 11.6. The molecular formula is C26H31N3O2. The summed E-state index contributed by atoms with van der Waals surface area (Å²) in [6.07, 6.45) is 4.38. The van der Waals surface area contributed by atoms with E-state index in [0.717, 1.165) is 45.2 Å². The number of aryl methyl sites for hydroxylation is 1. The first-order valence-corrected chi connectivity index (χ1v) is 11.6. The van der Waals surface area contributed by atoms with Crippen LogP contribution in [0.2, 0.25) is 0 Å². The maximum Gasteiger partial charge on any atom is 0.317 e. The predicted octanol–water partition coefficient (Wildman–Crippen LogP) is 3.86. The van der Waals surface area contributed by atoms with Gasteiger partial charge < -0.3 is 15.1 Å². The second-order valence-electron chi connectivity index (χ2n) is 9.16. The number of amides is 3. The minimum absolute atomic E-state index is 0.00946. The number of hydrogen-bond acceptors (Lipinski definition) is 2. The minimum atomic E-state index is -0.0598. The lowest BCUT2D eigenvalue weighted by Crippen LogP contribution is -2.61. The van der Waals surface area contributed by atoms with Crippen LogP contribution in [-0.4, -0.2) is 47.4 Å². The van der Waals surface area contributed by atoms with Crippen molar-refractivity contribution in [3.05, 3.63) is 70.8 Å². The summed E-state index contributed by atoms with van der Waals surface area (Å²) in [4.78, 5) is 30.6. The van der Waals surface area contributed by atoms with Crippen molar-refractivity contribution in [2.45, 2.75) is 51.1 Å². The Morgan fingerprint density at radius 3 is 2.77 bits per heavy atom. The second kappa shape index (κ2) is 8.37. The van der Waals surface area contributed by atoms with Crippen LogP contribution in [0.4, 0.5) is 4.79 Å². The Balaban J connectivity index is 1.33.